The highest BCUT2D eigenvalue weighted by Gasteiger charge is 2.11. The molecule has 0 bridgehead atoms. The van der Waals surface area contributed by atoms with Crippen molar-refractivity contribution in [3.05, 3.63) is 65.2 Å². The van der Waals surface area contributed by atoms with Crippen LogP contribution in [-0.4, -0.2) is 11.7 Å². The Labute approximate surface area is 116 Å². The first-order valence-electron chi connectivity index (χ1n) is 6.33. The molecule has 0 fully saturated rings. The normalized spacial score (nSPS) is 12.4. The maximum atomic E-state index is 12.2. The van der Waals surface area contributed by atoms with Crippen molar-refractivity contribution in [1.29, 1.82) is 0 Å². The molecule has 0 saturated carbocycles. The summed E-state index contributed by atoms with van der Waals surface area (Å²) >= 11 is 0. The largest absolute Gasteiger partial charge is 0.435 e. The third kappa shape index (κ3) is 4.03. The van der Waals surface area contributed by atoms with E-state index < -0.39 is 12.7 Å². The number of aryl methyl sites for hydroxylation is 1. The smallest absolute Gasteiger partial charge is 0.387 e. The van der Waals surface area contributed by atoms with Gasteiger partial charge in [0.25, 0.3) is 0 Å². The fourth-order valence-corrected chi connectivity index (χ4v) is 1.96. The van der Waals surface area contributed by atoms with Crippen LogP contribution in [0.4, 0.5) is 8.78 Å². The van der Waals surface area contributed by atoms with Gasteiger partial charge in [-0.25, -0.2) is 0 Å². The lowest BCUT2D eigenvalue weighted by molar-refractivity contribution is -0.0499. The van der Waals surface area contributed by atoms with Crippen molar-refractivity contribution >= 4 is 0 Å². The van der Waals surface area contributed by atoms with Crippen molar-refractivity contribution in [3.8, 4) is 5.75 Å². The molecule has 2 aromatic rings. The molecular formula is C16H16F2O2. The van der Waals surface area contributed by atoms with Crippen molar-refractivity contribution in [3.63, 3.8) is 0 Å². The number of hydrogen-bond acceptors (Lipinski definition) is 2. The summed E-state index contributed by atoms with van der Waals surface area (Å²) in [7, 11) is 0. The highest BCUT2D eigenvalue weighted by atomic mass is 19.3. The van der Waals surface area contributed by atoms with E-state index in [9.17, 15) is 13.9 Å². The van der Waals surface area contributed by atoms with Gasteiger partial charge in [0.15, 0.2) is 0 Å². The number of halogens is 2. The zero-order valence-electron chi connectivity index (χ0n) is 11.1. The third-order valence-corrected chi connectivity index (χ3v) is 3.02. The van der Waals surface area contributed by atoms with Gasteiger partial charge in [-0.15, -0.1) is 0 Å². The lowest BCUT2D eigenvalue weighted by Crippen LogP contribution is -2.05. The van der Waals surface area contributed by atoms with E-state index >= 15 is 0 Å². The van der Waals surface area contributed by atoms with E-state index in [1.807, 2.05) is 31.2 Å². The van der Waals surface area contributed by atoms with E-state index in [2.05, 4.69) is 4.74 Å². The maximum absolute atomic E-state index is 12.2. The first-order valence-corrected chi connectivity index (χ1v) is 6.33. The molecule has 0 aliphatic rings. The van der Waals surface area contributed by atoms with Gasteiger partial charge >= 0.3 is 6.61 Å². The molecule has 20 heavy (non-hydrogen) atoms. The summed E-state index contributed by atoms with van der Waals surface area (Å²) in [6.07, 6.45) is -0.322. The molecule has 0 saturated heterocycles. The summed E-state index contributed by atoms with van der Waals surface area (Å²) in [4.78, 5) is 0. The van der Waals surface area contributed by atoms with Crippen LogP contribution in [-0.2, 0) is 6.42 Å². The van der Waals surface area contributed by atoms with Crippen LogP contribution in [0.5, 0.6) is 5.75 Å². The molecule has 2 nitrogen and oxygen atoms in total. The van der Waals surface area contributed by atoms with Gasteiger partial charge in [-0.05, 0) is 30.2 Å². The van der Waals surface area contributed by atoms with Crippen LogP contribution in [0.2, 0.25) is 0 Å². The average Bonchev–Trinajstić information content (AvgIpc) is 2.41. The number of aliphatic hydroxyl groups excluding tert-OH is 1. The summed E-state index contributed by atoms with van der Waals surface area (Å²) in [5.41, 5.74) is 2.70. The highest BCUT2D eigenvalue weighted by Crippen LogP contribution is 2.23. The Kier molecular flexibility index (Phi) is 4.69. The molecule has 2 rings (SSSR count). The average molecular weight is 278 g/mol. The van der Waals surface area contributed by atoms with Crippen molar-refractivity contribution in [1.82, 2.24) is 0 Å². The second kappa shape index (κ2) is 6.48. The summed E-state index contributed by atoms with van der Waals surface area (Å²) < 4.78 is 28.6. The predicted molar refractivity (Wildman–Crippen MR) is 72.9 cm³/mol. The number of ether oxygens (including phenoxy) is 1. The van der Waals surface area contributed by atoms with Crippen molar-refractivity contribution in [2.24, 2.45) is 0 Å². The lowest BCUT2D eigenvalue weighted by Gasteiger charge is -2.13. The SMILES string of the molecule is Cc1ccc(CC(O)c2cccc(OC(F)F)c2)cc1. The van der Waals surface area contributed by atoms with Crippen LogP contribution < -0.4 is 4.74 Å². The quantitative estimate of drug-likeness (QED) is 0.899. The molecule has 4 heteroatoms. The molecule has 0 spiro atoms. The molecule has 1 atom stereocenters. The Morgan fingerprint density at radius 3 is 2.45 bits per heavy atom. The second-order valence-electron chi connectivity index (χ2n) is 4.66. The van der Waals surface area contributed by atoms with E-state index in [1.54, 1.807) is 12.1 Å². The zero-order valence-corrected chi connectivity index (χ0v) is 11.1. The summed E-state index contributed by atoms with van der Waals surface area (Å²) in [5, 5.41) is 10.2. The second-order valence-corrected chi connectivity index (χ2v) is 4.66. The molecule has 2 aromatic carbocycles. The van der Waals surface area contributed by atoms with Crippen molar-refractivity contribution in [2.45, 2.75) is 26.1 Å². The zero-order chi connectivity index (χ0) is 14.5. The molecule has 0 radical (unpaired) electrons. The van der Waals surface area contributed by atoms with E-state index in [0.29, 0.717) is 12.0 Å². The number of hydrogen-bond donors (Lipinski definition) is 1. The van der Waals surface area contributed by atoms with Gasteiger partial charge in [0.05, 0.1) is 6.10 Å². The lowest BCUT2D eigenvalue weighted by atomic mass is 10.0. The Hall–Kier alpha value is -1.94. The Bertz CT molecular complexity index is 553. The van der Waals surface area contributed by atoms with Crippen molar-refractivity contribution < 1.29 is 18.6 Å². The van der Waals surface area contributed by atoms with E-state index in [1.165, 1.54) is 12.1 Å². The van der Waals surface area contributed by atoms with Crippen LogP contribution in [0.3, 0.4) is 0 Å². The van der Waals surface area contributed by atoms with E-state index in [0.717, 1.165) is 11.1 Å². The molecule has 106 valence electrons. The van der Waals surface area contributed by atoms with Gasteiger partial charge < -0.3 is 9.84 Å². The first kappa shape index (κ1) is 14.5. The predicted octanol–water partition coefficient (Wildman–Crippen LogP) is 3.87. The van der Waals surface area contributed by atoms with E-state index in [4.69, 9.17) is 0 Å². The standard InChI is InChI=1S/C16H16F2O2/c1-11-5-7-12(8-6-11)9-15(19)13-3-2-4-14(10-13)20-16(17)18/h2-8,10,15-16,19H,9H2,1H3. The fraction of sp³-hybridized carbons (Fsp3) is 0.250. The molecule has 0 aliphatic carbocycles. The topological polar surface area (TPSA) is 29.5 Å². The monoisotopic (exact) mass is 278 g/mol. The number of benzene rings is 2. The maximum Gasteiger partial charge on any atom is 0.387 e. The minimum Gasteiger partial charge on any atom is -0.435 e. The highest BCUT2D eigenvalue weighted by molar-refractivity contribution is 5.31. The first-order chi connectivity index (χ1) is 9.54. The van der Waals surface area contributed by atoms with Gasteiger partial charge in [-0.1, -0.05) is 42.0 Å². The van der Waals surface area contributed by atoms with Gasteiger partial charge in [-0.3, -0.25) is 0 Å². The molecule has 0 heterocycles. The summed E-state index contributed by atoms with van der Waals surface area (Å²) in [6, 6.07) is 14.0. The van der Waals surface area contributed by atoms with Crippen LogP contribution in [0.1, 0.15) is 22.8 Å². The number of rotatable bonds is 5. The fourth-order valence-electron chi connectivity index (χ4n) is 1.96. The van der Waals surface area contributed by atoms with Crippen LogP contribution in [0.15, 0.2) is 48.5 Å². The molecule has 0 amide bonds. The molecule has 1 N–H and O–H groups in total. The minimum absolute atomic E-state index is 0.0560. The van der Waals surface area contributed by atoms with Crippen LogP contribution in [0, 0.1) is 6.92 Å². The minimum atomic E-state index is -2.86. The Morgan fingerprint density at radius 1 is 1.10 bits per heavy atom. The van der Waals surface area contributed by atoms with Gasteiger partial charge in [0.1, 0.15) is 5.75 Å². The summed E-state index contributed by atoms with van der Waals surface area (Å²) in [6.45, 7) is -0.870. The van der Waals surface area contributed by atoms with Crippen molar-refractivity contribution in [2.75, 3.05) is 0 Å². The third-order valence-electron chi connectivity index (χ3n) is 3.02. The van der Waals surface area contributed by atoms with Crippen LogP contribution in [0.25, 0.3) is 0 Å². The molecule has 0 aromatic heterocycles. The van der Waals surface area contributed by atoms with Gasteiger partial charge in [0, 0.05) is 6.42 Å². The molecule has 1 unspecified atom stereocenters. The van der Waals surface area contributed by atoms with Gasteiger partial charge in [-0.2, -0.15) is 8.78 Å². The van der Waals surface area contributed by atoms with E-state index in [-0.39, 0.29) is 5.75 Å². The number of alkyl halides is 2. The van der Waals surface area contributed by atoms with Crippen LogP contribution >= 0.6 is 0 Å². The molecular weight excluding hydrogens is 262 g/mol. The van der Waals surface area contributed by atoms with Gasteiger partial charge in [0.2, 0.25) is 0 Å². The Morgan fingerprint density at radius 2 is 1.80 bits per heavy atom. The Balaban J connectivity index is 2.08. The molecule has 0 aliphatic heterocycles. The summed E-state index contributed by atoms with van der Waals surface area (Å²) in [5.74, 6) is 0.0560. The number of aliphatic hydroxyl groups is 1.